The van der Waals surface area contributed by atoms with Crippen LogP contribution in [0.4, 0.5) is 11.4 Å². The molecule has 2 N–H and O–H groups in total. The molecular formula is C12H15N3O3. The normalized spacial score (nSPS) is 22.7. The molecule has 2 atom stereocenters. The van der Waals surface area contributed by atoms with Gasteiger partial charge >= 0.3 is 0 Å². The minimum atomic E-state index is -0.494. The first-order chi connectivity index (χ1) is 8.59. The van der Waals surface area contributed by atoms with E-state index in [0.29, 0.717) is 6.54 Å². The van der Waals surface area contributed by atoms with Crippen LogP contribution in [0.5, 0.6) is 0 Å². The largest absolute Gasteiger partial charge is 0.320 e. The number of hydrogen-bond acceptors (Lipinski definition) is 4. The van der Waals surface area contributed by atoms with Crippen LogP contribution in [-0.2, 0) is 4.79 Å². The highest BCUT2D eigenvalue weighted by Crippen LogP contribution is 2.25. The molecule has 96 valence electrons. The van der Waals surface area contributed by atoms with E-state index in [1.807, 2.05) is 6.92 Å². The minimum absolute atomic E-state index is 0.0792. The number of anilines is 1. The average Bonchev–Trinajstić information content (AvgIpc) is 2.76. The van der Waals surface area contributed by atoms with Gasteiger partial charge in [0, 0.05) is 12.6 Å². The Balaban J connectivity index is 2.14. The number of amides is 1. The van der Waals surface area contributed by atoms with Crippen molar-refractivity contribution in [2.45, 2.75) is 6.92 Å². The lowest BCUT2D eigenvalue weighted by Crippen LogP contribution is -2.28. The standard InChI is InChI=1S/C12H15N3O3/c1-8-6-13-7-9(8)12(16)14-10-4-2-3-5-11(10)15(17)18/h2-5,8-9,13H,6-7H2,1H3,(H,14,16). The summed E-state index contributed by atoms with van der Waals surface area (Å²) >= 11 is 0. The van der Waals surface area contributed by atoms with Crippen LogP contribution in [0.3, 0.4) is 0 Å². The van der Waals surface area contributed by atoms with Crippen LogP contribution in [0.2, 0.25) is 0 Å². The highest BCUT2D eigenvalue weighted by molar-refractivity contribution is 5.95. The number of nitrogens with zero attached hydrogens (tertiary/aromatic N) is 1. The maximum absolute atomic E-state index is 12.0. The van der Waals surface area contributed by atoms with Crippen molar-refractivity contribution in [1.82, 2.24) is 5.32 Å². The first kappa shape index (κ1) is 12.5. The molecule has 1 fully saturated rings. The van der Waals surface area contributed by atoms with Crippen molar-refractivity contribution in [2.24, 2.45) is 11.8 Å². The van der Waals surface area contributed by atoms with Gasteiger partial charge in [-0.1, -0.05) is 19.1 Å². The smallest absolute Gasteiger partial charge is 0.292 e. The summed E-state index contributed by atoms with van der Waals surface area (Å²) in [5, 5.41) is 16.6. The second kappa shape index (κ2) is 5.14. The van der Waals surface area contributed by atoms with Gasteiger partial charge in [0.05, 0.1) is 10.8 Å². The van der Waals surface area contributed by atoms with Gasteiger partial charge in [-0.2, -0.15) is 0 Å². The summed E-state index contributed by atoms with van der Waals surface area (Å²) in [5.74, 6) is -0.0561. The van der Waals surface area contributed by atoms with Gasteiger partial charge in [0.2, 0.25) is 5.91 Å². The summed E-state index contributed by atoms with van der Waals surface area (Å²) in [6.07, 6.45) is 0. The SMILES string of the molecule is CC1CNCC1C(=O)Nc1ccccc1[N+](=O)[O-]. The van der Waals surface area contributed by atoms with E-state index < -0.39 is 4.92 Å². The van der Waals surface area contributed by atoms with Gasteiger partial charge in [-0.25, -0.2) is 0 Å². The molecule has 18 heavy (non-hydrogen) atoms. The Labute approximate surface area is 105 Å². The zero-order chi connectivity index (χ0) is 13.1. The van der Waals surface area contributed by atoms with Gasteiger partial charge in [0.25, 0.3) is 5.69 Å². The first-order valence-corrected chi connectivity index (χ1v) is 5.84. The van der Waals surface area contributed by atoms with Crippen LogP contribution in [-0.4, -0.2) is 23.9 Å². The molecule has 1 aromatic carbocycles. The second-order valence-electron chi connectivity index (χ2n) is 4.51. The number of hydrogen-bond donors (Lipinski definition) is 2. The lowest BCUT2D eigenvalue weighted by molar-refractivity contribution is -0.383. The zero-order valence-electron chi connectivity index (χ0n) is 10.1. The Morgan fingerprint density at radius 1 is 1.44 bits per heavy atom. The lowest BCUT2D eigenvalue weighted by Gasteiger charge is -2.14. The van der Waals surface area contributed by atoms with E-state index >= 15 is 0 Å². The number of nitro groups is 1. The maximum atomic E-state index is 12.0. The number of nitrogens with one attached hydrogen (secondary N) is 2. The molecule has 0 aliphatic carbocycles. The summed E-state index contributed by atoms with van der Waals surface area (Å²) in [4.78, 5) is 22.4. The first-order valence-electron chi connectivity index (χ1n) is 5.84. The van der Waals surface area contributed by atoms with Crippen molar-refractivity contribution in [2.75, 3.05) is 18.4 Å². The summed E-state index contributed by atoms with van der Waals surface area (Å²) in [6.45, 7) is 3.41. The van der Waals surface area contributed by atoms with Crippen molar-refractivity contribution in [1.29, 1.82) is 0 Å². The monoisotopic (exact) mass is 249 g/mol. The van der Waals surface area contributed by atoms with Gasteiger partial charge in [-0.15, -0.1) is 0 Å². The summed E-state index contributed by atoms with van der Waals surface area (Å²) in [6, 6.07) is 6.17. The molecule has 1 heterocycles. The molecule has 0 saturated carbocycles. The zero-order valence-corrected chi connectivity index (χ0v) is 10.1. The molecule has 1 saturated heterocycles. The molecular weight excluding hydrogens is 234 g/mol. The van der Waals surface area contributed by atoms with E-state index in [1.54, 1.807) is 18.2 Å². The van der Waals surface area contributed by atoms with E-state index in [2.05, 4.69) is 10.6 Å². The van der Waals surface area contributed by atoms with Gasteiger partial charge < -0.3 is 10.6 Å². The Morgan fingerprint density at radius 3 is 2.78 bits per heavy atom. The number of para-hydroxylation sites is 2. The molecule has 0 aromatic heterocycles. The fraction of sp³-hybridized carbons (Fsp3) is 0.417. The third kappa shape index (κ3) is 2.48. The van der Waals surface area contributed by atoms with Crippen LogP contribution in [0.15, 0.2) is 24.3 Å². The van der Waals surface area contributed by atoms with Crippen LogP contribution in [0, 0.1) is 22.0 Å². The van der Waals surface area contributed by atoms with Crippen molar-refractivity contribution >= 4 is 17.3 Å². The van der Waals surface area contributed by atoms with E-state index in [9.17, 15) is 14.9 Å². The Bertz CT molecular complexity index is 475. The molecule has 1 aliphatic rings. The van der Waals surface area contributed by atoms with Gasteiger partial charge in [-0.05, 0) is 18.5 Å². The second-order valence-corrected chi connectivity index (χ2v) is 4.51. The average molecular weight is 249 g/mol. The van der Waals surface area contributed by atoms with E-state index in [1.165, 1.54) is 6.07 Å². The van der Waals surface area contributed by atoms with Crippen LogP contribution in [0.1, 0.15) is 6.92 Å². The lowest BCUT2D eigenvalue weighted by atomic mass is 9.97. The molecule has 1 aromatic rings. The molecule has 0 spiro atoms. The molecule has 0 bridgehead atoms. The fourth-order valence-electron chi connectivity index (χ4n) is 2.13. The topological polar surface area (TPSA) is 84.3 Å². The maximum Gasteiger partial charge on any atom is 0.292 e. The highest BCUT2D eigenvalue weighted by atomic mass is 16.6. The number of carbonyl (C=O) groups is 1. The molecule has 0 radical (unpaired) electrons. The number of rotatable bonds is 3. The predicted octanol–water partition coefficient (Wildman–Crippen LogP) is 1.39. The summed E-state index contributed by atoms with van der Waals surface area (Å²) in [7, 11) is 0. The summed E-state index contributed by atoms with van der Waals surface area (Å²) < 4.78 is 0. The van der Waals surface area contributed by atoms with E-state index in [4.69, 9.17) is 0 Å². The molecule has 2 unspecified atom stereocenters. The van der Waals surface area contributed by atoms with E-state index in [0.717, 1.165) is 6.54 Å². The predicted molar refractivity (Wildman–Crippen MR) is 67.2 cm³/mol. The molecule has 1 amide bonds. The van der Waals surface area contributed by atoms with Crippen molar-refractivity contribution in [3.63, 3.8) is 0 Å². The molecule has 1 aliphatic heterocycles. The van der Waals surface area contributed by atoms with Crippen LogP contribution >= 0.6 is 0 Å². The van der Waals surface area contributed by atoms with Crippen molar-refractivity contribution < 1.29 is 9.72 Å². The molecule has 6 heteroatoms. The van der Waals surface area contributed by atoms with Crippen LogP contribution < -0.4 is 10.6 Å². The Hall–Kier alpha value is -1.95. The quantitative estimate of drug-likeness (QED) is 0.626. The Kier molecular flexibility index (Phi) is 3.57. The summed E-state index contributed by atoms with van der Waals surface area (Å²) in [5.41, 5.74) is 0.177. The third-order valence-electron chi connectivity index (χ3n) is 3.21. The Morgan fingerprint density at radius 2 is 2.17 bits per heavy atom. The van der Waals surface area contributed by atoms with Gasteiger partial charge in [0.1, 0.15) is 5.69 Å². The fourth-order valence-corrected chi connectivity index (χ4v) is 2.13. The number of nitro benzene ring substituents is 1. The molecule has 2 rings (SSSR count). The third-order valence-corrected chi connectivity index (χ3v) is 3.21. The number of benzene rings is 1. The van der Waals surface area contributed by atoms with Gasteiger partial charge in [0.15, 0.2) is 0 Å². The minimum Gasteiger partial charge on any atom is -0.320 e. The van der Waals surface area contributed by atoms with Crippen LogP contribution in [0.25, 0.3) is 0 Å². The van der Waals surface area contributed by atoms with E-state index in [-0.39, 0.29) is 29.1 Å². The van der Waals surface area contributed by atoms with Crippen molar-refractivity contribution in [3.8, 4) is 0 Å². The van der Waals surface area contributed by atoms with Crippen molar-refractivity contribution in [3.05, 3.63) is 34.4 Å². The van der Waals surface area contributed by atoms with Gasteiger partial charge in [-0.3, -0.25) is 14.9 Å². The highest BCUT2D eigenvalue weighted by Gasteiger charge is 2.30. The molecule has 6 nitrogen and oxygen atoms in total. The number of carbonyl (C=O) groups excluding carboxylic acids is 1.